The van der Waals surface area contributed by atoms with Crippen LogP contribution < -0.4 is 4.80 Å². The fourth-order valence-electron chi connectivity index (χ4n) is 3.88. The van der Waals surface area contributed by atoms with Crippen LogP contribution in [0.1, 0.15) is 45.0 Å². The van der Waals surface area contributed by atoms with Crippen molar-refractivity contribution in [3.05, 3.63) is 56.8 Å². The number of amides is 1. The summed E-state index contributed by atoms with van der Waals surface area (Å²) in [5.41, 5.74) is 1.02. The molecule has 0 spiro atoms. The summed E-state index contributed by atoms with van der Waals surface area (Å²) in [7, 11) is -3.69. The molecule has 0 unspecified atom stereocenters. The van der Waals surface area contributed by atoms with Crippen LogP contribution in [0.25, 0.3) is 10.2 Å². The van der Waals surface area contributed by atoms with Crippen LogP contribution in [0.4, 0.5) is 0 Å². The normalized spacial score (nSPS) is 13.0. The van der Waals surface area contributed by atoms with Crippen molar-refractivity contribution >= 4 is 60.7 Å². The SMILES string of the molecule is CCOCCn1c(=NC(=O)c2ccc(S(=O)(=O)N(CC(C)C)CC(C)C)cc2)sc2cc(Cl)cc(Cl)c21. The van der Waals surface area contributed by atoms with E-state index in [1.165, 1.54) is 39.9 Å². The van der Waals surface area contributed by atoms with Crippen molar-refractivity contribution in [1.29, 1.82) is 0 Å². The van der Waals surface area contributed by atoms with Crippen LogP contribution in [0, 0.1) is 11.8 Å². The second kappa shape index (κ2) is 12.9. The van der Waals surface area contributed by atoms with Gasteiger partial charge in [0.25, 0.3) is 5.91 Å². The predicted octanol–water partition coefficient (Wildman–Crippen LogP) is 6.09. The smallest absolute Gasteiger partial charge is 0.279 e. The van der Waals surface area contributed by atoms with Gasteiger partial charge in [0.05, 0.1) is 26.7 Å². The van der Waals surface area contributed by atoms with Crippen molar-refractivity contribution in [2.24, 2.45) is 16.8 Å². The molecule has 0 atom stereocenters. The number of fused-ring (bicyclic) bond motifs is 1. The monoisotopic (exact) mass is 585 g/mol. The lowest BCUT2D eigenvalue weighted by Crippen LogP contribution is -2.37. The minimum absolute atomic E-state index is 0.153. The van der Waals surface area contributed by atoms with Gasteiger partial charge in [-0.05, 0) is 55.2 Å². The highest BCUT2D eigenvalue weighted by molar-refractivity contribution is 7.89. The average Bonchev–Trinajstić information content (AvgIpc) is 3.15. The van der Waals surface area contributed by atoms with Crippen molar-refractivity contribution < 1.29 is 17.9 Å². The maximum atomic E-state index is 13.3. The number of benzene rings is 2. The molecule has 0 saturated carbocycles. The Morgan fingerprint density at radius 1 is 1.08 bits per heavy atom. The van der Waals surface area contributed by atoms with Crippen LogP contribution in [0.5, 0.6) is 0 Å². The lowest BCUT2D eigenvalue weighted by molar-refractivity contribution is 0.0996. The fourth-order valence-corrected chi connectivity index (χ4v) is 7.48. The molecule has 1 aromatic heterocycles. The van der Waals surface area contributed by atoms with Gasteiger partial charge in [0.15, 0.2) is 4.80 Å². The van der Waals surface area contributed by atoms with Gasteiger partial charge in [-0.3, -0.25) is 4.79 Å². The molecular formula is C26H33Cl2N3O4S2. The summed E-state index contributed by atoms with van der Waals surface area (Å²) in [6.45, 7) is 12.2. The molecule has 202 valence electrons. The first kappa shape index (κ1) is 29.8. The van der Waals surface area contributed by atoms with E-state index in [9.17, 15) is 13.2 Å². The summed E-state index contributed by atoms with van der Waals surface area (Å²) in [5.74, 6) is -0.108. The highest BCUT2D eigenvalue weighted by Crippen LogP contribution is 2.30. The first-order valence-corrected chi connectivity index (χ1v) is 15.2. The van der Waals surface area contributed by atoms with Gasteiger partial charge in [-0.1, -0.05) is 62.2 Å². The summed E-state index contributed by atoms with van der Waals surface area (Å²) in [4.78, 5) is 18.0. The van der Waals surface area contributed by atoms with Gasteiger partial charge in [-0.25, -0.2) is 8.42 Å². The molecule has 0 fully saturated rings. The highest BCUT2D eigenvalue weighted by atomic mass is 35.5. The molecule has 0 radical (unpaired) electrons. The van der Waals surface area contributed by atoms with E-state index in [0.29, 0.717) is 47.7 Å². The molecule has 0 aliphatic heterocycles. The number of nitrogens with zero attached hydrogens (tertiary/aromatic N) is 3. The first-order valence-electron chi connectivity index (χ1n) is 12.2. The van der Waals surface area contributed by atoms with Crippen LogP contribution >= 0.6 is 34.5 Å². The molecule has 1 heterocycles. The van der Waals surface area contributed by atoms with Gasteiger partial charge >= 0.3 is 0 Å². The Morgan fingerprint density at radius 2 is 1.70 bits per heavy atom. The third kappa shape index (κ3) is 7.43. The molecule has 37 heavy (non-hydrogen) atoms. The lowest BCUT2D eigenvalue weighted by atomic mass is 10.2. The zero-order chi connectivity index (χ0) is 27.3. The number of carbonyl (C=O) groups excluding carboxylic acids is 1. The number of carbonyl (C=O) groups is 1. The number of hydrogen-bond donors (Lipinski definition) is 0. The minimum Gasteiger partial charge on any atom is -0.380 e. The molecule has 3 rings (SSSR count). The number of aromatic nitrogens is 1. The van der Waals surface area contributed by atoms with E-state index < -0.39 is 15.9 Å². The Bertz CT molecular complexity index is 1400. The average molecular weight is 587 g/mol. The number of halogens is 2. The van der Waals surface area contributed by atoms with Gasteiger partial charge < -0.3 is 9.30 Å². The predicted molar refractivity (Wildman–Crippen MR) is 151 cm³/mol. The van der Waals surface area contributed by atoms with E-state index in [-0.39, 0.29) is 22.3 Å². The third-order valence-corrected chi connectivity index (χ3v) is 8.81. The molecule has 7 nitrogen and oxygen atoms in total. The highest BCUT2D eigenvalue weighted by Gasteiger charge is 2.26. The number of ether oxygens (including phenoxy) is 1. The largest absolute Gasteiger partial charge is 0.380 e. The van der Waals surface area contributed by atoms with E-state index in [2.05, 4.69) is 4.99 Å². The molecule has 11 heteroatoms. The third-order valence-electron chi connectivity index (χ3n) is 5.43. The Morgan fingerprint density at radius 3 is 2.27 bits per heavy atom. The molecule has 2 aromatic carbocycles. The van der Waals surface area contributed by atoms with Crippen molar-refractivity contribution in [3.8, 4) is 0 Å². The van der Waals surface area contributed by atoms with Crippen molar-refractivity contribution in [3.63, 3.8) is 0 Å². The second-order valence-corrected chi connectivity index (χ2v) is 13.3. The van der Waals surface area contributed by atoms with E-state index in [1.807, 2.05) is 39.2 Å². The summed E-state index contributed by atoms with van der Waals surface area (Å²) < 4.78 is 36.2. The lowest BCUT2D eigenvalue weighted by Gasteiger charge is -2.25. The molecule has 3 aromatic rings. The zero-order valence-electron chi connectivity index (χ0n) is 21.7. The van der Waals surface area contributed by atoms with Crippen LogP contribution in [-0.4, -0.2) is 49.5 Å². The summed E-state index contributed by atoms with van der Waals surface area (Å²) >= 11 is 14.0. The van der Waals surface area contributed by atoms with Crippen molar-refractivity contribution in [1.82, 2.24) is 8.87 Å². The van der Waals surface area contributed by atoms with Crippen LogP contribution in [0.3, 0.4) is 0 Å². The van der Waals surface area contributed by atoms with Crippen LogP contribution in [-0.2, 0) is 21.3 Å². The number of thiazole rings is 1. The molecule has 0 saturated heterocycles. The molecule has 1 amide bonds. The van der Waals surface area contributed by atoms with E-state index >= 15 is 0 Å². The molecular weight excluding hydrogens is 553 g/mol. The molecule has 0 N–H and O–H groups in total. The Balaban J connectivity index is 1.97. The van der Waals surface area contributed by atoms with E-state index in [4.69, 9.17) is 27.9 Å². The standard InChI is InChI=1S/C26H33Cl2N3O4S2/c1-6-35-12-11-31-24-22(28)13-20(27)14-23(24)36-26(31)29-25(32)19-7-9-21(10-8-19)37(33,34)30(15-17(2)3)16-18(4)5/h7-10,13-14,17-18H,6,11-12,15-16H2,1-5H3. The van der Waals surface area contributed by atoms with Gasteiger partial charge in [-0.15, -0.1) is 0 Å². The van der Waals surface area contributed by atoms with Gasteiger partial charge in [0.1, 0.15) is 0 Å². The Hall–Kier alpha value is -1.75. The van der Waals surface area contributed by atoms with Crippen molar-refractivity contribution in [2.75, 3.05) is 26.3 Å². The molecule has 0 aliphatic carbocycles. The number of rotatable bonds is 11. The Labute approximate surface area is 232 Å². The second-order valence-electron chi connectivity index (χ2n) is 9.52. The van der Waals surface area contributed by atoms with Gasteiger partial charge in [-0.2, -0.15) is 9.30 Å². The summed E-state index contributed by atoms with van der Waals surface area (Å²) in [5, 5.41) is 0.959. The van der Waals surface area contributed by atoms with E-state index in [1.54, 1.807) is 12.1 Å². The maximum absolute atomic E-state index is 13.3. The van der Waals surface area contributed by atoms with Crippen LogP contribution in [0.2, 0.25) is 10.0 Å². The first-order chi connectivity index (χ1) is 17.4. The van der Waals surface area contributed by atoms with Crippen LogP contribution in [0.15, 0.2) is 46.3 Å². The maximum Gasteiger partial charge on any atom is 0.279 e. The quantitative estimate of drug-likeness (QED) is 0.255. The molecule has 0 aliphatic rings. The fraction of sp³-hybridized carbons (Fsp3) is 0.462. The van der Waals surface area contributed by atoms with Gasteiger partial charge in [0, 0.05) is 36.8 Å². The van der Waals surface area contributed by atoms with Crippen molar-refractivity contribution in [2.45, 2.75) is 46.1 Å². The Kier molecular flexibility index (Phi) is 10.4. The minimum atomic E-state index is -3.69. The number of hydrogen-bond acceptors (Lipinski definition) is 5. The van der Waals surface area contributed by atoms with E-state index in [0.717, 1.165) is 10.2 Å². The number of sulfonamides is 1. The molecule has 0 bridgehead atoms. The summed E-state index contributed by atoms with van der Waals surface area (Å²) in [6.07, 6.45) is 0. The summed E-state index contributed by atoms with van der Waals surface area (Å²) in [6, 6.07) is 9.38. The zero-order valence-corrected chi connectivity index (χ0v) is 24.8. The topological polar surface area (TPSA) is 81.0 Å². The van der Waals surface area contributed by atoms with Gasteiger partial charge in [0.2, 0.25) is 10.0 Å².